The first kappa shape index (κ1) is 14.3. The molecule has 6 nitrogen and oxygen atoms in total. The summed E-state index contributed by atoms with van der Waals surface area (Å²) < 4.78 is 0. The Morgan fingerprint density at radius 2 is 2.10 bits per heavy atom. The molecule has 0 unspecified atom stereocenters. The Hall–Kier alpha value is -2.11. The second-order valence-electron chi connectivity index (χ2n) is 5.36. The van der Waals surface area contributed by atoms with E-state index >= 15 is 0 Å². The van der Waals surface area contributed by atoms with Gasteiger partial charge in [-0.1, -0.05) is 19.8 Å². The van der Waals surface area contributed by atoms with Gasteiger partial charge in [-0.25, -0.2) is 0 Å². The molecule has 1 aromatic rings. The minimum absolute atomic E-state index is 0.124. The second kappa shape index (κ2) is 5.90. The van der Waals surface area contributed by atoms with Crippen LogP contribution in [0.3, 0.4) is 0 Å². The van der Waals surface area contributed by atoms with Crippen LogP contribution >= 0.6 is 0 Å². The maximum Gasteiger partial charge on any atom is 0.270 e. The number of nitro benzene ring substituents is 1. The molecule has 0 aromatic heterocycles. The van der Waals surface area contributed by atoms with Gasteiger partial charge in [0.15, 0.2) is 0 Å². The van der Waals surface area contributed by atoms with Crippen molar-refractivity contribution < 1.29 is 9.72 Å². The zero-order chi connectivity index (χ0) is 14.7. The number of amides is 1. The molecule has 2 rings (SSSR count). The maximum absolute atomic E-state index is 11.5. The normalized spacial score (nSPS) is 22.2. The summed E-state index contributed by atoms with van der Waals surface area (Å²) in [6.45, 7) is 2.17. The lowest BCUT2D eigenvalue weighted by Crippen LogP contribution is -2.31. The highest BCUT2D eigenvalue weighted by Crippen LogP contribution is 2.29. The zero-order valence-corrected chi connectivity index (χ0v) is 11.5. The molecule has 20 heavy (non-hydrogen) atoms. The van der Waals surface area contributed by atoms with Crippen LogP contribution in [0.4, 0.5) is 11.4 Å². The Morgan fingerprint density at radius 3 is 2.70 bits per heavy atom. The number of non-ortho nitro benzene ring substituents is 1. The van der Waals surface area contributed by atoms with Gasteiger partial charge in [-0.05, 0) is 24.8 Å². The lowest BCUT2D eigenvalue weighted by atomic mass is 9.85. The highest BCUT2D eigenvalue weighted by atomic mass is 16.6. The SMILES string of the molecule is C[C@@H]1CCCC[C@@H]1Nc1ccc([N+](=O)[O-])cc1C(N)=O. The minimum atomic E-state index is -0.653. The standard InChI is InChI=1S/C14H19N3O3/c1-9-4-2-3-5-12(9)16-13-7-6-10(17(19)20)8-11(13)14(15)18/h6-9,12,16H,2-5H2,1H3,(H2,15,18)/t9-,12+/m1/s1. The van der Waals surface area contributed by atoms with E-state index in [0.29, 0.717) is 11.6 Å². The van der Waals surface area contributed by atoms with Crippen molar-refractivity contribution in [1.82, 2.24) is 0 Å². The van der Waals surface area contributed by atoms with E-state index in [1.807, 2.05) is 0 Å². The smallest absolute Gasteiger partial charge is 0.270 e. The van der Waals surface area contributed by atoms with Crippen molar-refractivity contribution in [2.75, 3.05) is 5.32 Å². The van der Waals surface area contributed by atoms with Gasteiger partial charge in [0.05, 0.1) is 10.5 Å². The fourth-order valence-electron chi connectivity index (χ4n) is 2.71. The van der Waals surface area contributed by atoms with Crippen molar-refractivity contribution >= 4 is 17.3 Å². The molecule has 108 valence electrons. The van der Waals surface area contributed by atoms with Gasteiger partial charge < -0.3 is 11.1 Å². The number of nitrogens with one attached hydrogen (secondary N) is 1. The minimum Gasteiger partial charge on any atom is -0.381 e. The van der Waals surface area contributed by atoms with Crippen LogP contribution in [0, 0.1) is 16.0 Å². The lowest BCUT2D eigenvalue weighted by molar-refractivity contribution is -0.384. The molecule has 1 saturated carbocycles. The third-order valence-corrected chi connectivity index (χ3v) is 3.93. The number of hydrogen-bond acceptors (Lipinski definition) is 4. The van der Waals surface area contributed by atoms with Gasteiger partial charge in [-0.15, -0.1) is 0 Å². The van der Waals surface area contributed by atoms with E-state index in [9.17, 15) is 14.9 Å². The van der Waals surface area contributed by atoms with Crippen LogP contribution in [0.1, 0.15) is 43.0 Å². The number of nitrogens with zero attached hydrogens (tertiary/aromatic N) is 1. The average molecular weight is 277 g/mol. The van der Waals surface area contributed by atoms with Crippen LogP contribution in [0.15, 0.2) is 18.2 Å². The van der Waals surface area contributed by atoms with E-state index in [1.54, 1.807) is 6.07 Å². The summed E-state index contributed by atoms with van der Waals surface area (Å²) in [5, 5.41) is 14.1. The third-order valence-electron chi connectivity index (χ3n) is 3.93. The summed E-state index contributed by atoms with van der Waals surface area (Å²) in [5.41, 5.74) is 5.96. The van der Waals surface area contributed by atoms with Crippen LogP contribution in [0.5, 0.6) is 0 Å². The molecular formula is C14H19N3O3. The van der Waals surface area contributed by atoms with E-state index in [1.165, 1.54) is 18.6 Å². The molecule has 1 fully saturated rings. The predicted octanol–water partition coefficient (Wildman–Crippen LogP) is 2.68. The molecule has 3 N–H and O–H groups in total. The Bertz CT molecular complexity index is 530. The van der Waals surface area contributed by atoms with Gasteiger partial charge in [-0.3, -0.25) is 14.9 Å². The number of nitro groups is 1. The molecule has 0 bridgehead atoms. The van der Waals surface area contributed by atoms with Crippen LogP contribution in [-0.4, -0.2) is 16.9 Å². The maximum atomic E-state index is 11.5. The van der Waals surface area contributed by atoms with Crippen LogP contribution in [-0.2, 0) is 0 Å². The molecule has 0 radical (unpaired) electrons. The number of carbonyl (C=O) groups is 1. The zero-order valence-electron chi connectivity index (χ0n) is 11.5. The summed E-state index contributed by atoms with van der Waals surface area (Å²) in [4.78, 5) is 21.7. The molecule has 1 aliphatic carbocycles. The third kappa shape index (κ3) is 3.07. The van der Waals surface area contributed by atoms with Crippen molar-refractivity contribution in [3.8, 4) is 0 Å². The summed E-state index contributed by atoms with van der Waals surface area (Å²) in [5.74, 6) is -0.140. The Morgan fingerprint density at radius 1 is 1.40 bits per heavy atom. The van der Waals surface area contributed by atoms with Crippen LogP contribution in [0.2, 0.25) is 0 Å². The molecular weight excluding hydrogens is 258 g/mol. The molecule has 0 aliphatic heterocycles. The van der Waals surface area contributed by atoms with Crippen LogP contribution in [0.25, 0.3) is 0 Å². The largest absolute Gasteiger partial charge is 0.381 e. The molecule has 1 aliphatic rings. The number of primary amides is 1. The van der Waals surface area contributed by atoms with Gasteiger partial charge in [0.25, 0.3) is 11.6 Å². The average Bonchev–Trinajstić information content (AvgIpc) is 2.41. The molecule has 6 heteroatoms. The molecule has 0 heterocycles. The number of hydrogen-bond donors (Lipinski definition) is 2. The number of nitrogens with two attached hydrogens (primary N) is 1. The number of carbonyl (C=O) groups excluding carboxylic acids is 1. The topological polar surface area (TPSA) is 98.3 Å². The molecule has 0 saturated heterocycles. The first-order chi connectivity index (χ1) is 9.49. The Balaban J connectivity index is 2.26. The van der Waals surface area contributed by atoms with Crippen LogP contribution < -0.4 is 11.1 Å². The van der Waals surface area contributed by atoms with Crippen molar-refractivity contribution in [2.24, 2.45) is 11.7 Å². The molecule has 0 spiro atoms. The van der Waals surface area contributed by atoms with E-state index < -0.39 is 10.8 Å². The number of anilines is 1. The molecule has 1 amide bonds. The van der Waals surface area contributed by atoms with Gasteiger partial charge in [-0.2, -0.15) is 0 Å². The Kier molecular flexibility index (Phi) is 4.22. The van der Waals surface area contributed by atoms with Gasteiger partial charge >= 0.3 is 0 Å². The van der Waals surface area contributed by atoms with Gasteiger partial charge in [0.2, 0.25) is 0 Å². The van der Waals surface area contributed by atoms with Crippen molar-refractivity contribution in [3.05, 3.63) is 33.9 Å². The lowest BCUT2D eigenvalue weighted by Gasteiger charge is -2.30. The molecule has 1 aromatic carbocycles. The van der Waals surface area contributed by atoms with E-state index in [4.69, 9.17) is 5.73 Å². The van der Waals surface area contributed by atoms with E-state index in [0.717, 1.165) is 19.3 Å². The fraction of sp³-hybridized carbons (Fsp3) is 0.500. The predicted molar refractivity (Wildman–Crippen MR) is 76.7 cm³/mol. The van der Waals surface area contributed by atoms with Crippen molar-refractivity contribution in [2.45, 2.75) is 38.6 Å². The number of benzene rings is 1. The highest BCUT2D eigenvalue weighted by Gasteiger charge is 2.23. The Labute approximate surface area is 117 Å². The fourth-order valence-corrected chi connectivity index (χ4v) is 2.71. The monoisotopic (exact) mass is 277 g/mol. The summed E-state index contributed by atoms with van der Waals surface area (Å²) >= 11 is 0. The van der Waals surface area contributed by atoms with E-state index in [2.05, 4.69) is 12.2 Å². The highest BCUT2D eigenvalue weighted by molar-refractivity contribution is 5.99. The second-order valence-corrected chi connectivity index (χ2v) is 5.36. The number of rotatable bonds is 4. The van der Waals surface area contributed by atoms with Gasteiger partial charge in [0, 0.05) is 23.9 Å². The van der Waals surface area contributed by atoms with Crippen molar-refractivity contribution in [1.29, 1.82) is 0 Å². The quantitative estimate of drug-likeness (QED) is 0.653. The summed E-state index contributed by atoms with van der Waals surface area (Å²) in [6, 6.07) is 4.48. The summed E-state index contributed by atoms with van der Waals surface area (Å²) in [6.07, 6.45) is 4.57. The summed E-state index contributed by atoms with van der Waals surface area (Å²) in [7, 11) is 0. The van der Waals surface area contributed by atoms with Gasteiger partial charge in [0.1, 0.15) is 0 Å². The first-order valence-electron chi connectivity index (χ1n) is 6.84. The first-order valence-corrected chi connectivity index (χ1v) is 6.84. The van der Waals surface area contributed by atoms with Crippen molar-refractivity contribution in [3.63, 3.8) is 0 Å². The van der Waals surface area contributed by atoms with E-state index in [-0.39, 0.29) is 17.3 Å². The molecule has 2 atom stereocenters.